The Morgan fingerprint density at radius 2 is 1.96 bits per heavy atom. The molecule has 47 heavy (non-hydrogen) atoms. The maximum Gasteiger partial charge on any atom is 0.475 e. The van der Waals surface area contributed by atoms with E-state index in [1.807, 2.05) is 0 Å². The van der Waals surface area contributed by atoms with Crippen LogP contribution in [-0.4, -0.2) is 160 Å². The molecule has 1 aromatic rings. The molecule has 4 saturated heterocycles. The summed E-state index contributed by atoms with van der Waals surface area (Å²) in [4.78, 5) is 11.5. The van der Waals surface area contributed by atoms with Crippen LogP contribution < -0.4 is 5.32 Å². The van der Waals surface area contributed by atoms with E-state index >= 15 is 0 Å². The molecule has 22 heteroatoms. The number of aromatic nitrogens is 3. The molecular weight excluding hydrogens is 686 g/mol. The molecule has 0 spiro atoms. The lowest BCUT2D eigenvalue weighted by Crippen LogP contribution is -2.64. The molecule has 0 aliphatic carbocycles. The molecule has 0 aromatic carbocycles. The van der Waals surface area contributed by atoms with Gasteiger partial charge in [-0.15, -0.1) is 5.10 Å². The highest BCUT2D eigenvalue weighted by molar-refractivity contribution is 8.76. The monoisotopic (exact) mass is 728 g/mol. The number of ether oxygens (including phenoxy) is 5. The van der Waals surface area contributed by atoms with Crippen molar-refractivity contribution in [1.82, 2.24) is 20.3 Å². The highest BCUT2D eigenvalue weighted by atomic mass is 33.1. The van der Waals surface area contributed by atoms with E-state index in [4.69, 9.17) is 37.3 Å². The third-order valence-electron chi connectivity index (χ3n) is 8.24. The highest BCUT2D eigenvalue weighted by Crippen LogP contribution is 2.59. The van der Waals surface area contributed by atoms with Crippen molar-refractivity contribution in [2.45, 2.75) is 93.7 Å². The Morgan fingerprint density at radius 1 is 1.19 bits per heavy atom. The zero-order chi connectivity index (χ0) is 33.8. The van der Waals surface area contributed by atoms with Gasteiger partial charge in [-0.3, -0.25) is 18.4 Å². The van der Waals surface area contributed by atoms with Crippen molar-refractivity contribution >= 4 is 43.2 Å². The molecule has 0 radical (unpaired) electrons. The molecule has 5 rings (SSSR count). The van der Waals surface area contributed by atoms with Crippen LogP contribution in [0.2, 0.25) is 0 Å². The zero-order valence-corrected chi connectivity index (χ0v) is 28.7. The molecule has 1 amide bonds. The van der Waals surface area contributed by atoms with E-state index in [-0.39, 0.29) is 33.0 Å². The van der Waals surface area contributed by atoms with Crippen LogP contribution >= 0.6 is 29.4 Å². The van der Waals surface area contributed by atoms with Crippen molar-refractivity contribution in [3.8, 4) is 0 Å². The Hall–Kier alpha value is -0.875. The number of nitrogens with one attached hydrogen (secondary N) is 1. The molecule has 4 aliphatic heterocycles. The second-order valence-electron chi connectivity index (χ2n) is 11.8. The molecule has 12 atom stereocenters. The van der Waals surface area contributed by atoms with Gasteiger partial charge in [0.25, 0.3) is 0 Å². The Bertz CT molecular complexity index is 1240. The minimum atomic E-state index is -3.99. The summed E-state index contributed by atoms with van der Waals surface area (Å²) >= 11 is 0. The van der Waals surface area contributed by atoms with Crippen LogP contribution in [0.3, 0.4) is 0 Å². The number of nitrogens with zero attached hydrogens (tertiary/aromatic N) is 3. The number of carbonyl (C=O) groups is 1. The normalized spacial score (nSPS) is 40.6. The Kier molecular flexibility index (Phi) is 13.1. The van der Waals surface area contributed by atoms with Crippen LogP contribution in [0.15, 0.2) is 6.20 Å². The SMILES string of the molecule is B[C@@H]1O[C@@H]2CO[P@](=O)(O[C@@H]3CSSC[C@H]3OCc3cn(CCOCCO[C@H]4O[C@H](CO)[C@H](O)[C@H](O)[C@H]4NC(C)=O)nn3)O[C@H]2[C@@]1(C)O. The Labute approximate surface area is 280 Å². The van der Waals surface area contributed by atoms with Gasteiger partial charge >= 0.3 is 7.82 Å². The summed E-state index contributed by atoms with van der Waals surface area (Å²) in [6.07, 6.45) is -5.63. The van der Waals surface area contributed by atoms with Crippen molar-refractivity contribution in [3.63, 3.8) is 0 Å². The lowest BCUT2D eigenvalue weighted by Gasteiger charge is -2.42. The molecule has 18 nitrogen and oxygen atoms in total. The Balaban J connectivity index is 1.02. The lowest BCUT2D eigenvalue weighted by atomic mass is 9.82. The summed E-state index contributed by atoms with van der Waals surface area (Å²) in [5.41, 5.74) is -0.769. The number of aliphatic hydroxyl groups is 4. The van der Waals surface area contributed by atoms with Crippen molar-refractivity contribution in [3.05, 3.63) is 11.9 Å². The molecule has 0 saturated carbocycles. The highest BCUT2D eigenvalue weighted by Gasteiger charge is 2.58. The second kappa shape index (κ2) is 16.4. The van der Waals surface area contributed by atoms with E-state index in [1.165, 1.54) is 6.92 Å². The van der Waals surface area contributed by atoms with Crippen molar-refractivity contribution in [2.75, 3.05) is 44.5 Å². The standard InChI is InChI=1S/C25H42BN4O14PS2/c1-13(32)27-19-21(34)20(33)15(8-31)41-23(19)38-6-5-37-4-3-30-7-14(28-29-30)9-39-17-11-46-47-12-18(17)43-45(36)40-10-16-22(44-45)25(2,35)24(26)42-16/h7,15-24,31,33-35H,3-6,8-12,26H2,1-2H3,(H,27,32)/t15-,16-,17-,18-,19-,20+,21-,22-,23+,24-,25-,45-/m1/s1. The first-order valence-corrected chi connectivity index (χ1v) is 19.2. The van der Waals surface area contributed by atoms with Crippen LogP contribution in [0.1, 0.15) is 19.5 Å². The first-order chi connectivity index (χ1) is 22.4. The van der Waals surface area contributed by atoms with Crippen LogP contribution in [0.5, 0.6) is 0 Å². The lowest BCUT2D eigenvalue weighted by molar-refractivity contribution is -0.272. The maximum absolute atomic E-state index is 13.4. The molecule has 5 heterocycles. The average Bonchev–Trinajstić information content (AvgIpc) is 3.58. The van der Waals surface area contributed by atoms with Gasteiger partial charge in [0.05, 0.1) is 64.5 Å². The number of rotatable bonds is 14. The van der Waals surface area contributed by atoms with E-state index in [0.29, 0.717) is 23.7 Å². The molecule has 5 N–H and O–H groups in total. The third-order valence-corrected chi connectivity index (χ3v) is 12.1. The number of fused-ring (bicyclic) bond motifs is 1. The number of carbonyl (C=O) groups excluding carboxylic acids is 1. The van der Waals surface area contributed by atoms with Crippen molar-refractivity contribution in [1.29, 1.82) is 0 Å². The van der Waals surface area contributed by atoms with Gasteiger partial charge in [-0.25, -0.2) is 9.25 Å². The van der Waals surface area contributed by atoms with Gasteiger partial charge < -0.3 is 49.4 Å². The quantitative estimate of drug-likeness (QED) is 0.0579. The molecule has 0 bridgehead atoms. The number of hydrogen-bond donors (Lipinski definition) is 5. The largest absolute Gasteiger partial charge is 0.475 e. The zero-order valence-electron chi connectivity index (χ0n) is 26.2. The van der Waals surface area contributed by atoms with Crippen LogP contribution in [0.25, 0.3) is 0 Å². The predicted octanol–water partition coefficient (Wildman–Crippen LogP) is -2.45. The van der Waals surface area contributed by atoms with Gasteiger partial charge in [-0.2, -0.15) is 0 Å². The number of phosphoric ester groups is 1. The van der Waals surface area contributed by atoms with Crippen LogP contribution in [0.4, 0.5) is 0 Å². The van der Waals surface area contributed by atoms with E-state index < -0.39 is 87.0 Å². The summed E-state index contributed by atoms with van der Waals surface area (Å²) < 4.78 is 60.6. The first-order valence-electron chi connectivity index (χ1n) is 15.2. The number of amides is 1. The van der Waals surface area contributed by atoms with Crippen LogP contribution in [0, 0.1) is 0 Å². The van der Waals surface area contributed by atoms with Gasteiger partial charge in [-0.05, 0) is 6.92 Å². The van der Waals surface area contributed by atoms with Gasteiger partial charge in [0.2, 0.25) is 5.91 Å². The average molecular weight is 729 g/mol. The summed E-state index contributed by atoms with van der Waals surface area (Å²) in [5.74, 6) is 0.618. The fourth-order valence-electron chi connectivity index (χ4n) is 5.44. The Morgan fingerprint density at radius 3 is 2.70 bits per heavy atom. The molecule has 0 unspecified atom stereocenters. The minimum absolute atomic E-state index is 0.0173. The molecule has 1 aromatic heterocycles. The van der Waals surface area contributed by atoms with Gasteiger partial charge in [0.15, 0.2) is 6.29 Å². The molecular formula is C25H42BN4O14PS2. The molecule has 4 fully saturated rings. The predicted molar refractivity (Wildman–Crippen MR) is 167 cm³/mol. The van der Waals surface area contributed by atoms with Gasteiger partial charge in [0.1, 0.15) is 61.8 Å². The minimum Gasteiger partial charge on any atom is -0.394 e. The smallest absolute Gasteiger partial charge is 0.394 e. The van der Waals surface area contributed by atoms with E-state index in [2.05, 4.69) is 15.6 Å². The number of phosphoric acid groups is 1. The van der Waals surface area contributed by atoms with Crippen molar-refractivity contribution < 1.29 is 67.0 Å². The summed E-state index contributed by atoms with van der Waals surface area (Å²) in [7, 11) is 0.902. The van der Waals surface area contributed by atoms with E-state index in [0.717, 1.165) is 0 Å². The molecule has 266 valence electrons. The molecule has 4 aliphatic rings. The van der Waals surface area contributed by atoms with E-state index in [1.54, 1.807) is 47.2 Å². The van der Waals surface area contributed by atoms with Gasteiger partial charge in [0, 0.05) is 18.4 Å². The summed E-state index contributed by atoms with van der Waals surface area (Å²) in [6.45, 7) is 3.28. The number of hydrogen-bond acceptors (Lipinski definition) is 18. The topological polar surface area (TPSA) is 232 Å². The maximum atomic E-state index is 13.4. The fourth-order valence-corrected chi connectivity index (χ4v) is 9.64. The van der Waals surface area contributed by atoms with Gasteiger partial charge in [-0.1, -0.05) is 26.8 Å². The van der Waals surface area contributed by atoms with E-state index in [9.17, 15) is 29.8 Å². The summed E-state index contributed by atoms with van der Waals surface area (Å²) in [6, 6.07) is -1.54. The first kappa shape index (κ1) is 37.4. The number of aliphatic hydroxyl groups excluding tert-OH is 3. The summed E-state index contributed by atoms with van der Waals surface area (Å²) in [5, 5.41) is 51.4. The third kappa shape index (κ3) is 9.27. The van der Waals surface area contributed by atoms with Crippen molar-refractivity contribution in [2.24, 2.45) is 0 Å². The second-order valence-corrected chi connectivity index (χ2v) is 15.9. The van der Waals surface area contributed by atoms with Crippen LogP contribution in [-0.2, 0) is 59.8 Å². The fraction of sp³-hybridized carbons (Fsp3) is 0.880.